The van der Waals surface area contributed by atoms with E-state index >= 15 is 0 Å². The SMILES string of the molecule is COc1ccc(C=C(C#N)C#N)cc1CSCc1ccco1. The molecule has 4 nitrogen and oxygen atoms in total. The van der Waals surface area contributed by atoms with Crippen molar-refractivity contribution in [1.82, 2.24) is 0 Å². The molecule has 0 saturated heterocycles. The summed E-state index contributed by atoms with van der Waals surface area (Å²) in [6.07, 6.45) is 3.23. The molecular formula is C17H14N2O2S. The van der Waals surface area contributed by atoms with Crippen molar-refractivity contribution in [2.75, 3.05) is 7.11 Å². The van der Waals surface area contributed by atoms with Gasteiger partial charge in [0.15, 0.2) is 0 Å². The van der Waals surface area contributed by atoms with Gasteiger partial charge >= 0.3 is 0 Å². The average molecular weight is 310 g/mol. The van der Waals surface area contributed by atoms with Crippen LogP contribution in [0.25, 0.3) is 6.08 Å². The molecule has 0 bridgehead atoms. The molecule has 2 rings (SSSR count). The molecule has 0 aliphatic carbocycles. The van der Waals surface area contributed by atoms with Gasteiger partial charge in [0.05, 0.1) is 19.1 Å². The Balaban J connectivity index is 2.13. The molecule has 110 valence electrons. The summed E-state index contributed by atoms with van der Waals surface area (Å²) in [6, 6.07) is 13.1. The number of allylic oxidation sites excluding steroid dienone is 1. The minimum Gasteiger partial charge on any atom is -0.496 e. The highest BCUT2D eigenvalue weighted by molar-refractivity contribution is 7.97. The highest BCUT2D eigenvalue weighted by Crippen LogP contribution is 2.27. The Morgan fingerprint density at radius 1 is 1.27 bits per heavy atom. The third-order valence-corrected chi connectivity index (χ3v) is 3.94. The lowest BCUT2D eigenvalue weighted by Gasteiger charge is -2.09. The van der Waals surface area contributed by atoms with Gasteiger partial charge in [-0.25, -0.2) is 0 Å². The summed E-state index contributed by atoms with van der Waals surface area (Å²) < 4.78 is 10.7. The quantitative estimate of drug-likeness (QED) is 0.749. The van der Waals surface area contributed by atoms with Crippen molar-refractivity contribution < 1.29 is 9.15 Å². The average Bonchev–Trinajstić information content (AvgIpc) is 3.06. The molecule has 0 amide bonds. The Labute approximate surface area is 133 Å². The van der Waals surface area contributed by atoms with Gasteiger partial charge < -0.3 is 9.15 Å². The lowest BCUT2D eigenvalue weighted by Crippen LogP contribution is -1.92. The molecule has 0 aliphatic rings. The monoisotopic (exact) mass is 310 g/mol. The highest BCUT2D eigenvalue weighted by Gasteiger charge is 2.06. The highest BCUT2D eigenvalue weighted by atomic mass is 32.2. The molecule has 0 saturated carbocycles. The van der Waals surface area contributed by atoms with Gasteiger partial charge in [-0.15, -0.1) is 11.8 Å². The zero-order chi connectivity index (χ0) is 15.8. The maximum atomic E-state index is 8.82. The van der Waals surface area contributed by atoms with Crippen molar-refractivity contribution in [3.05, 3.63) is 59.1 Å². The number of hydrogen-bond acceptors (Lipinski definition) is 5. The van der Waals surface area contributed by atoms with Gasteiger partial charge in [0.2, 0.25) is 0 Å². The number of ether oxygens (including phenoxy) is 1. The zero-order valence-corrected chi connectivity index (χ0v) is 12.9. The van der Waals surface area contributed by atoms with Gasteiger partial charge in [-0.3, -0.25) is 0 Å². The molecule has 1 aromatic heterocycles. The Morgan fingerprint density at radius 2 is 2.09 bits per heavy atom. The van der Waals surface area contributed by atoms with E-state index < -0.39 is 0 Å². The second-order valence-electron chi connectivity index (χ2n) is 4.43. The number of thioether (sulfide) groups is 1. The van der Waals surface area contributed by atoms with E-state index in [4.69, 9.17) is 19.7 Å². The summed E-state index contributed by atoms with van der Waals surface area (Å²) in [5, 5.41) is 17.6. The summed E-state index contributed by atoms with van der Waals surface area (Å²) in [5.41, 5.74) is 1.91. The standard InChI is InChI=1S/C17H14N2O2S/c1-20-17-5-4-13(7-14(9-18)10-19)8-15(17)11-22-12-16-3-2-6-21-16/h2-8H,11-12H2,1H3. The first-order valence-corrected chi connectivity index (χ1v) is 7.71. The van der Waals surface area contributed by atoms with Crippen LogP contribution < -0.4 is 4.74 Å². The third kappa shape index (κ3) is 4.18. The topological polar surface area (TPSA) is 69.9 Å². The number of benzene rings is 1. The van der Waals surface area contributed by atoms with Crippen molar-refractivity contribution in [3.8, 4) is 17.9 Å². The molecule has 0 aliphatic heterocycles. The first-order chi connectivity index (χ1) is 10.8. The van der Waals surface area contributed by atoms with Crippen LogP contribution in [0.15, 0.2) is 46.6 Å². The Bertz CT molecular complexity index is 721. The summed E-state index contributed by atoms with van der Waals surface area (Å²) in [5.74, 6) is 3.24. The van der Waals surface area contributed by atoms with Crippen LogP contribution in [0.5, 0.6) is 5.75 Å². The molecule has 22 heavy (non-hydrogen) atoms. The van der Waals surface area contributed by atoms with Gasteiger partial charge in [0, 0.05) is 11.3 Å². The first-order valence-electron chi connectivity index (χ1n) is 6.55. The van der Waals surface area contributed by atoms with Gasteiger partial charge in [0.1, 0.15) is 29.2 Å². The maximum absolute atomic E-state index is 8.82. The lowest BCUT2D eigenvalue weighted by atomic mass is 10.1. The van der Waals surface area contributed by atoms with Crippen LogP contribution in [0.4, 0.5) is 0 Å². The number of nitriles is 2. The molecule has 1 aromatic carbocycles. The van der Waals surface area contributed by atoms with E-state index in [9.17, 15) is 0 Å². The van der Waals surface area contributed by atoms with Crippen LogP contribution in [0.2, 0.25) is 0 Å². The van der Waals surface area contributed by atoms with Crippen molar-refractivity contribution >= 4 is 17.8 Å². The number of nitrogens with zero attached hydrogens (tertiary/aromatic N) is 2. The Hall–Kier alpha value is -2.63. The van der Waals surface area contributed by atoms with Crippen LogP contribution in [0.1, 0.15) is 16.9 Å². The zero-order valence-electron chi connectivity index (χ0n) is 12.1. The first kappa shape index (κ1) is 15.8. The number of methoxy groups -OCH3 is 1. The van der Waals surface area contributed by atoms with Crippen LogP contribution in [0.3, 0.4) is 0 Å². The van der Waals surface area contributed by atoms with Gasteiger partial charge in [-0.1, -0.05) is 6.07 Å². The van der Waals surface area contributed by atoms with Gasteiger partial charge in [-0.05, 0) is 35.9 Å². The Kier molecular flexibility index (Phi) is 5.71. The van der Waals surface area contributed by atoms with Crippen LogP contribution in [-0.4, -0.2) is 7.11 Å². The van der Waals surface area contributed by atoms with E-state index in [0.717, 1.165) is 34.1 Å². The molecule has 0 fully saturated rings. The van der Waals surface area contributed by atoms with E-state index in [0.29, 0.717) is 0 Å². The molecule has 0 radical (unpaired) electrons. The molecule has 0 N–H and O–H groups in total. The van der Waals surface area contributed by atoms with Gasteiger partial charge in [-0.2, -0.15) is 10.5 Å². The molecular weight excluding hydrogens is 296 g/mol. The Morgan fingerprint density at radius 3 is 2.73 bits per heavy atom. The van der Waals surface area contributed by atoms with E-state index in [1.54, 1.807) is 31.2 Å². The predicted octanol–water partition coefficient (Wildman–Crippen LogP) is 4.15. The lowest BCUT2D eigenvalue weighted by molar-refractivity contribution is 0.411. The van der Waals surface area contributed by atoms with E-state index in [1.165, 1.54) is 0 Å². The molecule has 0 atom stereocenters. The second-order valence-corrected chi connectivity index (χ2v) is 5.41. The van der Waals surface area contributed by atoms with Crippen molar-refractivity contribution in [3.63, 3.8) is 0 Å². The second kappa shape index (κ2) is 7.97. The third-order valence-electron chi connectivity index (χ3n) is 2.94. The van der Waals surface area contributed by atoms with Gasteiger partial charge in [0.25, 0.3) is 0 Å². The smallest absolute Gasteiger partial charge is 0.130 e. The summed E-state index contributed by atoms with van der Waals surface area (Å²) in [4.78, 5) is 0. The van der Waals surface area contributed by atoms with Crippen LogP contribution in [0, 0.1) is 22.7 Å². The fraction of sp³-hybridized carbons (Fsp3) is 0.176. The summed E-state index contributed by atoms with van der Waals surface area (Å²) >= 11 is 1.71. The van der Waals surface area contributed by atoms with Crippen LogP contribution >= 0.6 is 11.8 Å². The molecule has 1 heterocycles. The molecule has 5 heteroatoms. The number of rotatable bonds is 6. The van der Waals surface area contributed by atoms with Crippen molar-refractivity contribution in [2.45, 2.75) is 11.5 Å². The maximum Gasteiger partial charge on any atom is 0.130 e. The fourth-order valence-corrected chi connectivity index (χ4v) is 2.83. The molecule has 0 spiro atoms. The normalized spacial score (nSPS) is 9.59. The minimum absolute atomic E-state index is 0.0827. The fourth-order valence-electron chi connectivity index (χ4n) is 1.91. The number of furan rings is 1. The minimum atomic E-state index is 0.0827. The number of hydrogen-bond donors (Lipinski definition) is 0. The van der Waals surface area contributed by atoms with Crippen LogP contribution in [-0.2, 0) is 11.5 Å². The molecule has 2 aromatic rings. The van der Waals surface area contributed by atoms with Crippen molar-refractivity contribution in [2.24, 2.45) is 0 Å². The van der Waals surface area contributed by atoms with Crippen molar-refractivity contribution in [1.29, 1.82) is 10.5 Å². The van der Waals surface area contributed by atoms with E-state index in [-0.39, 0.29) is 5.57 Å². The van der Waals surface area contributed by atoms with E-state index in [1.807, 2.05) is 42.5 Å². The summed E-state index contributed by atoms with van der Waals surface area (Å²) in [7, 11) is 1.63. The largest absolute Gasteiger partial charge is 0.496 e. The molecule has 0 unspecified atom stereocenters. The predicted molar refractivity (Wildman–Crippen MR) is 85.9 cm³/mol. The van der Waals surface area contributed by atoms with E-state index in [2.05, 4.69) is 0 Å². The summed E-state index contributed by atoms with van der Waals surface area (Å²) in [6.45, 7) is 0.